The first-order valence-corrected chi connectivity index (χ1v) is 26.4. The summed E-state index contributed by atoms with van der Waals surface area (Å²) in [4.78, 5) is 35.4. The summed E-state index contributed by atoms with van der Waals surface area (Å²) in [6, 6.07) is 0. The maximum absolute atomic E-state index is 12.7. The zero-order valence-electron chi connectivity index (χ0n) is 40.1. The summed E-state index contributed by atoms with van der Waals surface area (Å²) in [5, 5.41) is 0. The van der Waals surface area contributed by atoms with Crippen LogP contribution in [0.3, 0.4) is 0 Å². The van der Waals surface area contributed by atoms with Crippen LogP contribution in [0.5, 0.6) is 0 Å². The molecule has 0 bridgehead atoms. The highest BCUT2D eigenvalue weighted by Crippen LogP contribution is 2.43. The van der Waals surface area contributed by atoms with Crippen molar-refractivity contribution in [1.82, 2.24) is 0 Å². The van der Waals surface area contributed by atoms with E-state index in [1.165, 1.54) is 122 Å². The molecule has 0 fully saturated rings. The van der Waals surface area contributed by atoms with Crippen LogP contribution in [0.4, 0.5) is 0 Å². The van der Waals surface area contributed by atoms with Crippen molar-refractivity contribution in [1.29, 1.82) is 0 Å². The fraction of sp³-hybridized carbons (Fsp3) is 0.804. The number of hydrogen-bond acceptors (Lipinski definition) is 7. The second kappa shape index (κ2) is 43.2. The summed E-state index contributed by atoms with van der Waals surface area (Å²) in [5.41, 5.74) is 0. The molecule has 61 heavy (non-hydrogen) atoms. The Morgan fingerprint density at radius 2 is 0.934 bits per heavy atom. The number of phosphoric ester groups is 1. The second-order valence-electron chi connectivity index (χ2n) is 17.8. The summed E-state index contributed by atoms with van der Waals surface area (Å²) in [6.45, 7) is 4.31. The molecule has 0 aromatic carbocycles. The first kappa shape index (κ1) is 59.0. The van der Waals surface area contributed by atoms with Gasteiger partial charge >= 0.3 is 19.8 Å². The first-order valence-electron chi connectivity index (χ1n) is 24.9. The van der Waals surface area contributed by atoms with E-state index in [-0.39, 0.29) is 25.6 Å². The lowest BCUT2D eigenvalue weighted by atomic mass is 10.0. The van der Waals surface area contributed by atoms with E-state index in [4.69, 9.17) is 18.5 Å². The number of hydrogen-bond donors (Lipinski definition) is 1. The van der Waals surface area contributed by atoms with Gasteiger partial charge in [-0.1, -0.05) is 197 Å². The van der Waals surface area contributed by atoms with E-state index in [1.807, 2.05) is 21.1 Å². The molecule has 0 aliphatic carbocycles. The molecule has 0 aliphatic heterocycles. The number of carbonyl (C=O) groups is 2. The Kier molecular flexibility index (Phi) is 41.8. The predicted molar refractivity (Wildman–Crippen MR) is 257 cm³/mol. The molecular weight excluding hydrogens is 786 g/mol. The monoisotopic (exact) mass is 881 g/mol. The number of esters is 2. The molecular formula is C51H95NO8P+. The van der Waals surface area contributed by atoms with Crippen LogP contribution in [0.15, 0.2) is 48.6 Å². The maximum atomic E-state index is 12.7. The van der Waals surface area contributed by atoms with Gasteiger partial charge in [-0.25, -0.2) is 4.57 Å². The van der Waals surface area contributed by atoms with Crippen molar-refractivity contribution in [3.8, 4) is 0 Å². The van der Waals surface area contributed by atoms with Gasteiger partial charge in [0.05, 0.1) is 27.7 Å². The molecule has 0 spiro atoms. The average molecular weight is 881 g/mol. The van der Waals surface area contributed by atoms with Gasteiger partial charge in [0.15, 0.2) is 6.10 Å². The topological polar surface area (TPSA) is 108 Å². The molecule has 9 nitrogen and oxygen atoms in total. The number of unbranched alkanes of at least 4 members (excludes halogenated alkanes) is 23. The quantitative estimate of drug-likeness (QED) is 0.0212. The first-order chi connectivity index (χ1) is 29.5. The second-order valence-corrected chi connectivity index (χ2v) is 19.3. The van der Waals surface area contributed by atoms with Crippen molar-refractivity contribution < 1.29 is 42.1 Å². The molecule has 0 aromatic heterocycles. The summed E-state index contributed by atoms with van der Waals surface area (Å²) in [6.07, 6.45) is 51.7. The van der Waals surface area contributed by atoms with E-state index in [1.54, 1.807) is 0 Å². The standard InChI is InChI=1S/C51H94NO8P/c1-6-8-10-12-14-16-18-19-20-21-22-23-24-25-26-27-28-29-30-31-32-33-34-36-38-40-42-44-51(54)60-49(48-59-61(55,56)58-46-45-52(3,4)5)47-57-50(53)43-41-39-37-35-17-15-13-11-9-7-2/h8,10,14,16,19-20,22-23,49H,6-7,9,11-13,15,17-18,21,24-48H2,1-5H3/p+1/b10-8-,16-14-,20-19-,23-22-. The van der Waals surface area contributed by atoms with Crippen molar-refractivity contribution in [2.75, 3.05) is 47.5 Å². The number of quaternary nitrogens is 1. The summed E-state index contributed by atoms with van der Waals surface area (Å²) < 4.78 is 34.4. The van der Waals surface area contributed by atoms with E-state index in [9.17, 15) is 19.0 Å². The highest BCUT2D eigenvalue weighted by atomic mass is 31.2. The highest BCUT2D eigenvalue weighted by molar-refractivity contribution is 7.47. The van der Waals surface area contributed by atoms with Crippen molar-refractivity contribution in [3.63, 3.8) is 0 Å². The van der Waals surface area contributed by atoms with Gasteiger partial charge in [-0.15, -0.1) is 0 Å². The summed E-state index contributed by atoms with van der Waals surface area (Å²) in [5.74, 6) is -0.796. The van der Waals surface area contributed by atoms with Crippen LogP contribution in [-0.4, -0.2) is 74.9 Å². The Bertz CT molecular complexity index is 1180. The third-order valence-corrected chi connectivity index (χ3v) is 11.6. The van der Waals surface area contributed by atoms with E-state index in [0.29, 0.717) is 23.9 Å². The molecule has 356 valence electrons. The zero-order chi connectivity index (χ0) is 45.0. The number of ether oxygens (including phenoxy) is 2. The number of allylic oxidation sites excluding steroid dienone is 8. The molecule has 0 rings (SSSR count). The van der Waals surface area contributed by atoms with E-state index in [0.717, 1.165) is 57.8 Å². The number of likely N-dealkylation sites (N-methyl/N-ethyl adjacent to an activating group) is 1. The Labute approximate surface area is 375 Å². The zero-order valence-corrected chi connectivity index (χ0v) is 41.0. The largest absolute Gasteiger partial charge is 0.472 e. The minimum Gasteiger partial charge on any atom is -0.462 e. The van der Waals surface area contributed by atoms with Gasteiger partial charge in [0.1, 0.15) is 19.8 Å². The lowest BCUT2D eigenvalue weighted by molar-refractivity contribution is -0.870. The number of carbonyl (C=O) groups excluding carboxylic acids is 2. The molecule has 0 amide bonds. The van der Waals surface area contributed by atoms with E-state index in [2.05, 4.69) is 62.5 Å². The van der Waals surface area contributed by atoms with Gasteiger partial charge in [-0.05, 0) is 51.4 Å². The maximum Gasteiger partial charge on any atom is 0.472 e. The SMILES string of the molecule is CC/C=C\C/C=C\C/C=C\C/C=C\CCCCCCCCCCCCCCCCC(=O)OC(COC(=O)CCCCCCCCCCCC)COP(=O)(O)OCC[N+](C)(C)C. The number of nitrogens with zero attached hydrogens (tertiary/aromatic N) is 1. The summed E-state index contributed by atoms with van der Waals surface area (Å²) in [7, 11) is 1.48. The Morgan fingerprint density at radius 3 is 1.39 bits per heavy atom. The van der Waals surface area contributed by atoms with Crippen LogP contribution < -0.4 is 0 Å². The van der Waals surface area contributed by atoms with Crippen molar-refractivity contribution >= 4 is 19.8 Å². The molecule has 1 N–H and O–H groups in total. The Hall–Kier alpha value is -2.03. The third kappa shape index (κ3) is 47.3. The van der Waals surface area contributed by atoms with Gasteiger partial charge in [0, 0.05) is 12.8 Å². The number of rotatable bonds is 45. The lowest BCUT2D eigenvalue weighted by Crippen LogP contribution is -2.37. The summed E-state index contributed by atoms with van der Waals surface area (Å²) >= 11 is 0. The average Bonchev–Trinajstić information content (AvgIpc) is 3.21. The predicted octanol–water partition coefficient (Wildman–Crippen LogP) is 14.6. The highest BCUT2D eigenvalue weighted by Gasteiger charge is 2.27. The fourth-order valence-corrected chi connectivity index (χ4v) is 7.51. The Balaban J connectivity index is 4.11. The Morgan fingerprint density at radius 1 is 0.525 bits per heavy atom. The molecule has 0 saturated carbocycles. The molecule has 2 atom stereocenters. The van der Waals surface area contributed by atoms with E-state index >= 15 is 0 Å². The van der Waals surface area contributed by atoms with Gasteiger partial charge < -0.3 is 18.9 Å². The molecule has 2 unspecified atom stereocenters. The van der Waals surface area contributed by atoms with E-state index < -0.39 is 26.5 Å². The van der Waals surface area contributed by atoms with Gasteiger partial charge in [0.25, 0.3) is 0 Å². The van der Waals surface area contributed by atoms with Crippen LogP contribution >= 0.6 is 7.82 Å². The van der Waals surface area contributed by atoms with Crippen LogP contribution in [0.2, 0.25) is 0 Å². The molecule has 0 aliphatic rings. The molecule has 10 heteroatoms. The van der Waals surface area contributed by atoms with Crippen molar-refractivity contribution in [2.45, 2.75) is 219 Å². The smallest absolute Gasteiger partial charge is 0.462 e. The molecule has 0 aromatic rings. The molecule has 0 saturated heterocycles. The van der Waals surface area contributed by atoms with Crippen LogP contribution in [0, 0.1) is 0 Å². The van der Waals surface area contributed by atoms with Crippen LogP contribution in [0.25, 0.3) is 0 Å². The third-order valence-electron chi connectivity index (χ3n) is 10.6. The van der Waals surface area contributed by atoms with Gasteiger partial charge in [-0.3, -0.25) is 18.6 Å². The molecule has 0 heterocycles. The number of phosphoric acid groups is 1. The fourth-order valence-electron chi connectivity index (χ4n) is 6.77. The van der Waals surface area contributed by atoms with Gasteiger partial charge in [-0.2, -0.15) is 0 Å². The van der Waals surface area contributed by atoms with Crippen molar-refractivity contribution in [3.05, 3.63) is 48.6 Å². The minimum atomic E-state index is -4.37. The lowest BCUT2D eigenvalue weighted by Gasteiger charge is -2.24. The van der Waals surface area contributed by atoms with Crippen LogP contribution in [-0.2, 0) is 32.7 Å². The van der Waals surface area contributed by atoms with Crippen LogP contribution in [0.1, 0.15) is 213 Å². The molecule has 0 radical (unpaired) electrons. The minimum absolute atomic E-state index is 0.0323. The normalized spacial score (nSPS) is 13.9. The van der Waals surface area contributed by atoms with Gasteiger partial charge in [0.2, 0.25) is 0 Å². The van der Waals surface area contributed by atoms with Crippen molar-refractivity contribution in [2.24, 2.45) is 0 Å².